The van der Waals surface area contributed by atoms with E-state index >= 15 is 0 Å². The number of nitrogens with one attached hydrogen (secondary N) is 2. The van der Waals surface area contributed by atoms with Gasteiger partial charge in [0.2, 0.25) is 11.8 Å². The van der Waals surface area contributed by atoms with Gasteiger partial charge in [-0.15, -0.1) is 0 Å². The van der Waals surface area contributed by atoms with Crippen molar-refractivity contribution in [3.63, 3.8) is 0 Å². The molecule has 7 heteroatoms. The summed E-state index contributed by atoms with van der Waals surface area (Å²) in [5.74, 6) is -0.936. The summed E-state index contributed by atoms with van der Waals surface area (Å²) in [6, 6.07) is 5.55. The lowest BCUT2D eigenvalue weighted by molar-refractivity contribution is -0.138. The highest BCUT2D eigenvalue weighted by atomic mass is 16.2. The second-order valence-corrected chi connectivity index (χ2v) is 4.52. The molecule has 0 aromatic heterocycles. The van der Waals surface area contributed by atoms with Crippen LogP contribution in [-0.4, -0.2) is 35.3 Å². The maximum absolute atomic E-state index is 12.2. The summed E-state index contributed by atoms with van der Waals surface area (Å²) in [4.78, 5) is 36.5. The molecule has 1 aliphatic rings. The molecule has 0 aliphatic carbocycles. The number of nitrogens with zero attached hydrogens (tertiary/aromatic N) is 1. The number of nitrogen functional groups attached to an aromatic ring is 1. The molecule has 1 aliphatic heterocycles. The van der Waals surface area contributed by atoms with Crippen LogP contribution in [0.4, 0.5) is 16.2 Å². The summed E-state index contributed by atoms with van der Waals surface area (Å²) < 4.78 is 0. The van der Waals surface area contributed by atoms with Gasteiger partial charge in [-0.3, -0.25) is 14.9 Å². The first-order valence-electron chi connectivity index (χ1n) is 6.28. The maximum Gasteiger partial charge on any atom is 0.323 e. The minimum atomic E-state index is -0.645. The quantitative estimate of drug-likeness (QED) is 0.541. The van der Waals surface area contributed by atoms with Crippen LogP contribution in [0.3, 0.4) is 0 Å². The van der Waals surface area contributed by atoms with E-state index in [0.717, 1.165) is 0 Å². The topological polar surface area (TPSA) is 105 Å². The normalized spacial score (nSPS) is 18.6. The van der Waals surface area contributed by atoms with Gasteiger partial charge in [0.05, 0.1) is 0 Å². The molecule has 106 valence electrons. The van der Waals surface area contributed by atoms with Crippen LogP contribution >= 0.6 is 0 Å². The molecule has 1 heterocycles. The van der Waals surface area contributed by atoms with Crippen LogP contribution in [0.15, 0.2) is 24.3 Å². The Morgan fingerprint density at radius 1 is 1.50 bits per heavy atom. The fraction of sp³-hybridized carbons (Fsp3) is 0.308. The summed E-state index contributed by atoms with van der Waals surface area (Å²) in [5, 5.41) is 4.85. The van der Waals surface area contributed by atoms with Crippen molar-refractivity contribution in [2.45, 2.75) is 19.4 Å². The molecule has 1 fully saturated rings. The minimum absolute atomic E-state index is 0.140. The molecule has 7 nitrogen and oxygen atoms in total. The van der Waals surface area contributed by atoms with E-state index in [0.29, 0.717) is 17.8 Å². The van der Waals surface area contributed by atoms with Crippen molar-refractivity contribution in [2.75, 3.05) is 17.6 Å². The van der Waals surface area contributed by atoms with Crippen LogP contribution in [0.2, 0.25) is 0 Å². The Kier molecular flexibility index (Phi) is 3.88. The zero-order valence-corrected chi connectivity index (χ0v) is 11.1. The number of anilines is 2. The van der Waals surface area contributed by atoms with Crippen LogP contribution < -0.4 is 16.4 Å². The summed E-state index contributed by atoms with van der Waals surface area (Å²) in [6.45, 7) is 1.64. The zero-order valence-electron chi connectivity index (χ0n) is 11.1. The molecule has 0 radical (unpaired) electrons. The first-order valence-corrected chi connectivity index (χ1v) is 6.28. The van der Waals surface area contributed by atoms with E-state index in [-0.39, 0.29) is 6.54 Å². The van der Waals surface area contributed by atoms with Crippen LogP contribution in [0.5, 0.6) is 0 Å². The highest BCUT2D eigenvalue weighted by Gasteiger charge is 2.35. The van der Waals surface area contributed by atoms with Crippen LogP contribution in [0.1, 0.15) is 13.3 Å². The minimum Gasteiger partial charge on any atom is -0.399 e. The highest BCUT2D eigenvalue weighted by molar-refractivity contribution is 6.05. The fourth-order valence-electron chi connectivity index (χ4n) is 2.10. The molecular formula is C13H16N4O3. The Morgan fingerprint density at radius 2 is 2.25 bits per heavy atom. The number of nitrogens with two attached hydrogens (primary N) is 1. The van der Waals surface area contributed by atoms with Crippen molar-refractivity contribution >= 4 is 29.2 Å². The molecule has 0 bridgehead atoms. The van der Waals surface area contributed by atoms with Crippen LogP contribution in [-0.2, 0) is 9.59 Å². The summed E-state index contributed by atoms with van der Waals surface area (Å²) in [7, 11) is 0. The number of hydrogen-bond donors (Lipinski definition) is 3. The smallest absolute Gasteiger partial charge is 0.323 e. The molecule has 0 spiro atoms. The molecule has 2 rings (SSSR count). The highest BCUT2D eigenvalue weighted by Crippen LogP contribution is 2.15. The average molecular weight is 276 g/mol. The molecule has 1 atom stereocenters. The standard InChI is InChI=1S/C13H16N4O3/c1-2-10-12(19)16-11(18)7-17(10)13(20)15-9-5-3-4-8(14)6-9/h3-6,10H,2,7,14H2,1H3,(H,15,20)(H,16,18,19). The van der Waals surface area contributed by atoms with E-state index < -0.39 is 23.9 Å². The second-order valence-electron chi connectivity index (χ2n) is 4.52. The first-order chi connectivity index (χ1) is 9.51. The van der Waals surface area contributed by atoms with Gasteiger partial charge in [0.15, 0.2) is 0 Å². The monoisotopic (exact) mass is 276 g/mol. The first kappa shape index (κ1) is 13.9. The third-order valence-corrected chi connectivity index (χ3v) is 3.04. The van der Waals surface area contributed by atoms with Gasteiger partial charge in [0, 0.05) is 11.4 Å². The number of carbonyl (C=O) groups is 3. The van der Waals surface area contributed by atoms with Gasteiger partial charge in [-0.2, -0.15) is 0 Å². The Balaban J connectivity index is 2.14. The van der Waals surface area contributed by atoms with Crippen LogP contribution in [0, 0.1) is 0 Å². The molecule has 20 heavy (non-hydrogen) atoms. The third kappa shape index (κ3) is 2.87. The van der Waals surface area contributed by atoms with E-state index in [1.54, 1.807) is 31.2 Å². The molecular weight excluding hydrogens is 260 g/mol. The molecule has 4 N–H and O–H groups in total. The average Bonchev–Trinajstić information content (AvgIpc) is 2.37. The number of carbonyl (C=O) groups excluding carboxylic acids is 3. The number of imide groups is 1. The Labute approximate surface area is 116 Å². The number of amides is 4. The van der Waals surface area contributed by atoms with Crippen molar-refractivity contribution in [3.05, 3.63) is 24.3 Å². The van der Waals surface area contributed by atoms with Gasteiger partial charge in [-0.05, 0) is 24.6 Å². The summed E-state index contributed by atoms with van der Waals surface area (Å²) >= 11 is 0. The predicted octanol–water partition coefficient (Wildman–Crippen LogP) is 0.538. The lowest BCUT2D eigenvalue weighted by Crippen LogP contribution is -2.60. The molecule has 4 amide bonds. The van der Waals surface area contributed by atoms with Gasteiger partial charge in [-0.1, -0.05) is 13.0 Å². The second kappa shape index (κ2) is 5.60. The van der Waals surface area contributed by atoms with Crippen molar-refractivity contribution in [1.82, 2.24) is 10.2 Å². The third-order valence-electron chi connectivity index (χ3n) is 3.04. The predicted molar refractivity (Wildman–Crippen MR) is 73.8 cm³/mol. The van der Waals surface area contributed by atoms with Gasteiger partial charge < -0.3 is 16.0 Å². The van der Waals surface area contributed by atoms with Gasteiger partial charge >= 0.3 is 6.03 Å². The van der Waals surface area contributed by atoms with Gasteiger partial charge in [0.1, 0.15) is 12.6 Å². The lowest BCUT2D eigenvalue weighted by Gasteiger charge is -2.33. The number of urea groups is 1. The van der Waals surface area contributed by atoms with Gasteiger partial charge in [-0.25, -0.2) is 4.79 Å². The van der Waals surface area contributed by atoms with Crippen molar-refractivity contribution < 1.29 is 14.4 Å². The zero-order chi connectivity index (χ0) is 14.7. The molecule has 1 aromatic rings. The van der Waals surface area contributed by atoms with Crippen molar-refractivity contribution in [2.24, 2.45) is 0 Å². The fourth-order valence-corrected chi connectivity index (χ4v) is 2.10. The van der Waals surface area contributed by atoms with E-state index in [4.69, 9.17) is 5.73 Å². The van der Waals surface area contributed by atoms with Gasteiger partial charge in [0.25, 0.3) is 0 Å². The molecule has 1 saturated heterocycles. The Morgan fingerprint density at radius 3 is 2.90 bits per heavy atom. The van der Waals surface area contributed by atoms with Crippen molar-refractivity contribution in [3.8, 4) is 0 Å². The van der Waals surface area contributed by atoms with Crippen molar-refractivity contribution in [1.29, 1.82) is 0 Å². The molecule has 1 aromatic carbocycles. The van der Waals surface area contributed by atoms with E-state index in [1.807, 2.05) is 0 Å². The number of rotatable bonds is 2. The number of benzene rings is 1. The molecule has 1 unspecified atom stereocenters. The van der Waals surface area contributed by atoms with E-state index in [1.165, 1.54) is 4.90 Å². The summed E-state index contributed by atoms with van der Waals surface area (Å²) in [6.07, 6.45) is 0.434. The van der Waals surface area contributed by atoms with E-state index in [9.17, 15) is 14.4 Å². The largest absolute Gasteiger partial charge is 0.399 e. The Hall–Kier alpha value is -2.57. The van der Waals surface area contributed by atoms with E-state index in [2.05, 4.69) is 10.6 Å². The lowest BCUT2D eigenvalue weighted by atomic mass is 10.1. The molecule has 0 saturated carbocycles. The SMILES string of the molecule is CCC1C(=O)NC(=O)CN1C(=O)Nc1cccc(N)c1. The number of piperazine rings is 1. The summed E-state index contributed by atoms with van der Waals surface area (Å²) in [5.41, 5.74) is 6.66. The number of hydrogen-bond acceptors (Lipinski definition) is 4. The Bertz CT molecular complexity index is 558. The maximum atomic E-state index is 12.2. The van der Waals surface area contributed by atoms with Crippen LogP contribution in [0.25, 0.3) is 0 Å².